The molecule has 0 amide bonds. The van der Waals surface area contributed by atoms with Crippen molar-refractivity contribution >= 4 is 34.7 Å². The standard InChI is InChI=1S/C33H30FNO5S/c1-38-22-6-3-5-20(13-22)27-18-30-28(17-29(27)34)33(41-25-8-4-7-23(16-25)39-2)26(32(35-30)19-9-10-19)12-11-24-14-21(36)15-31(37)40-24/h3-8,11-13,16-19,21,24,36H,9-10,14-15H2,1-2H3/b12-11+/t21-,24-/m1/s1. The molecule has 41 heavy (non-hydrogen) atoms. The summed E-state index contributed by atoms with van der Waals surface area (Å²) in [4.78, 5) is 18.8. The fraction of sp³-hybridized carbons (Fsp3) is 0.273. The Hall–Kier alpha value is -3.88. The van der Waals surface area contributed by atoms with Crippen LogP contribution in [0.15, 0.2) is 76.5 Å². The van der Waals surface area contributed by atoms with E-state index < -0.39 is 18.2 Å². The number of esters is 1. The van der Waals surface area contributed by atoms with Gasteiger partial charge in [-0.3, -0.25) is 9.78 Å². The second kappa shape index (κ2) is 11.5. The molecule has 1 N–H and O–H groups in total. The smallest absolute Gasteiger partial charge is 0.309 e. The normalized spacial score (nSPS) is 19.0. The lowest BCUT2D eigenvalue weighted by Gasteiger charge is -2.23. The molecule has 2 aliphatic rings. The summed E-state index contributed by atoms with van der Waals surface area (Å²) in [5.41, 5.74) is 3.67. The highest BCUT2D eigenvalue weighted by Crippen LogP contribution is 2.47. The van der Waals surface area contributed by atoms with Crippen molar-refractivity contribution < 1.29 is 28.5 Å². The lowest BCUT2D eigenvalue weighted by Crippen LogP contribution is -2.31. The van der Waals surface area contributed by atoms with E-state index in [0.717, 1.165) is 39.6 Å². The number of rotatable bonds is 8. The van der Waals surface area contributed by atoms with E-state index in [1.807, 2.05) is 66.7 Å². The summed E-state index contributed by atoms with van der Waals surface area (Å²) in [6, 6.07) is 18.5. The molecule has 1 saturated carbocycles. The Morgan fingerprint density at radius 1 is 1.05 bits per heavy atom. The molecule has 1 saturated heterocycles. The van der Waals surface area contributed by atoms with Crippen molar-refractivity contribution in [2.24, 2.45) is 0 Å². The van der Waals surface area contributed by atoms with Crippen molar-refractivity contribution in [1.82, 2.24) is 4.98 Å². The maximum atomic E-state index is 15.8. The van der Waals surface area contributed by atoms with Gasteiger partial charge in [-0.15, -0.1) is 0 Å². The van der Waals surface area contributed by atoms with E-state index in [1.54, 1.807) is 20.3 Å². The highest BCUT2D eigenvalue weighted by atomic mass is 32.2. The van der Waals surface area contributed by atoms with Crippen molar-refractivity contribution in [2.45, 2.75) is 53.6 Å². The summed E-state index contributed by atoms with van der Waals surface area (Å²) >= 11 is 1.52. The van der Waals surface area contributed by atoms with E-state index in [2.05, 4.69) is 0 Å². The fourth-order valence-corrected chi connectivity index (χ4v) is 6.26. The number of ether oxygens (including phenoxy) is 3. The molecule has 8 heteroatoms. The number of carbonyl (C=O) groups is 1. The molecule has 2 heterocycles. The first kappa shape index (κ1) is 27.3. The third-order valence-electron chi connectivity index (χ3n) is 7.36. The molecule has 1 aliphatic heterocycles. The first-order valence-corrected chi connectivity index (χ1v) is 14.4. The number of cyclic esters (lactones) is 1. The van der Waals surface area contributed by atoms with Gasteiger partial charge < -0.3 is 19.3 Å². The quantitative estimate of drug-likeness (QED) is 0.225. The summed E-state index contributed by atoms with van der Waals surface area (Å²) in [6.07, 6.45) is 4.82. The Balaban J connectivity index is 1.52. The third kappa shape index (κ3) is 5.94. The van der Waals surface area contributed by atoms with Gasteiger partial charge in [0.15, 0.2) is 0 Å². The van der Waals surface area contributed by atoms with Crippen LogP contribution in [-0.2, 0) is 9.53 Å². The first-order valence-electron chi connectivity index (χ1n) is 13.6. The number of hydrogen-bond acceptors (Lipinski definition) is 7. The van der Waals surface area contributed by atoms with E-state index >= 15 is 4.39 Å². The minimum Gasteiger partial charge on any atom is -0.497 e. The molecule has 3 aromatic carbocycles. The van der Waals surface area contributed by atoms with Crippen molar-refractivity contribution in [3.8, 4) is 22.6 Å². The number of pyridine rings is 1. The zero-order chi connectivity index (χ0) is 28.5. The Morgan fingerprint density at radius 3 is 2.54 bits per heavy atom. The Labute approximate surface area is 242 Å². The van der Waals surface area contributed by atoms with Crippen LogP contribution in [0.1, 0.15) is 42.9 Å². The van der Waals surface area contributed by atoms with E-state index in [0.29, 0.717) is 34.2 Å². The van der Waals surface area contributed by atoms with Gasteiger partial charge in [-0.1, -0.05) is 36.0 Å². The van der Waals surface area contributed by atoms with Crippen molar-refractivity contribution in [3.63, 3.8) is 0 Å². The van der Waals surface area contributed by atoms with Crippen molar-refractivity contribution in [3.05, 3.63) is 83.8 Å². The number of halogens is 1. The van der Waals surface area contributed by atoms with Gasteiger partial charge in [0.25, 0.3) is 0 Å². The molecule has 0 bridgehead atoms. The average Bonchev–Trinajstić information content (AvgIpc) is 3.81. The zero-order valence-electron chi connectivity index (χ0n) is 22.8. The summed E-state index contributed by atoms with van der Waals surface area (Å²) in [7, 11) is 3.21. The second-order valence-electron chi connectivity index (χ2n) is 10.4. The van der Waals surface area contributed by atoms with Crippen LogP contribution in [0.4, 0.5) is 4.39 Å². The van der Waals surface area contributed by atoms with Crippen LogP contribution < -0.4 is 9.47 Å². The molecule has 2 fully saturated rings. The second-order valence-corrected chi connectivity index (χ2v) is 11.4. The zero-order valence-corrected chi connectivity index (χ0v) is 23.6. The lowest BCUT2D eigenvalue weighted by molar-refractivity contribution is -0.156. The largest absolute Gasteiger partial charge is 0.497 e. The van der Waals surface area contributed by atoms with Crippen molar-refractivity contribution in [1.29, 1.82) is 0 Å². The van der Waals surface area contributed by atoms with Crippen LogP contribution >= 0.6 is 11.8 Å². The van der Waals surface area contributed by atoms with E-state index in [4.69, 9.17) is 19.2 Å². The number of carbonyl (C=O) groups excluding carboxylic acids is 1. The summed E-state index contributed by atoms with van der Waals surface area (Å²) in [5, 5.41) is 10.8. The molecule has 1 aliphatic carbocycles. The number of aliphatic hydroxyl groups excluding tert-OH is 1. The molecule has 6 nitrogen and oxygen atoms in total. The van der Waals surface area contributed by atoms with Gasteiger partial charge in [-0.2, -0.15) is 0 Å². The molecule has 210 valence electrons. The van der Waals surface area contributed by atoms with Crippen LogP contribution in [0.3, 0.4) is 0 Å². The van der Waals surface area contributed by atoms with E-state index in [1.165, 1.54) is 11.8 Å². The molecule has 6 rings (SSSR count). The summed E-state index contributed by atoms with van der Waals surface area (Å²) in [6.45, 7) is 0. The Bertz CT molecular complexity index is 1650. The predicted molar refractivity (Wildman–Crippen MR) is 157 cm³/mol. The number of aliphatic hydroxyl groups is 1. The van der Waals surface area contributed by atoms with Crippen LogP contribution in [0.2, 0.25) is 0 Å². The molecule has 4 aromatic rings. The van der Waals surface area contributed by atoms with Crippen LogP contribution in [0.25, 0.3) is 28.1 Å². The van der Waals surface area contributed by atoms with Crippen LogP contribution in [0.5, 0.6) is 11.5 Å². The highest BCUT2D eigenvalue weighted by Gasteiger charge is 2.31. The van der Waals surface area contributed by atoms with Crippen molar-refractivity contribution in [2.75, 3.05) is 14.2 Å². The third-order valence-corrected chi connectivity index (χ3v) is 8.50. The van der Waals surface area contributed by atoms with Gasteiger partial charge in [0.1, 0.15) is 23.4 Å². The minimum absolute atomic E-state index is 0.00103. The molecule has 0 unspecified atom stereocenters. The summed E-state index contributed by atoms with van der Waals surface area (Å²) in [5.74, 6) is 0.877. The minimum atomic E-state index is -0.738. The van der Waals surface area contributed by atoms with Gasteiger partial charge in [0.2, 0.25) is 0 Å². The molecule has 1 aromatic heterocycles. The monoisotopic (exact) mass is 571 g/mol. The lowest BCUT2D eigenvalue weighted by atomic mass is 9.99. The van der Waals surface area contributed by atoms with Gasteiger partial charge >= 0.3 is 5.97 Å². The number of methoxy groups -OCH3 is 2. The predicted octanol–water partition coefficient (Wildman–Crippen LogP) is 7.17. The Kier molecular flexibility index (Phi) is 7.69. The molecular formula is C33H30FNO5S. The number of hydrogen-bond donors (Lipinski definition) is 1. The van der Waals surface area contributed by atoms with E-state index in [-0.39, 0.29) is 18.2 Å². The average molecular weight is 572 g/mol. The molecular weight excluding hydrogens is 541 g/mol. The molecule has 2 atom stereocenters. The van der Waals surface area contributed by atoms with Crippen LogP contribution in [-0.4, -0.2) is 42.5 Å². The van der Waals surface area contributed by atoms with Gasteiger partial charge in [0, 0.05) is 38.6 Å². The SMILES string of the molecule is COc1cccc(Sc2c(/C=C/[C@@H]3C[C@@H](O)CC(=O)O3)c(C3CC3)nc3cc(-c4cccc(OC)c4)c(F)cc23)c1. The topological polar surface area (TPSA) is 77.9 Å². The van der Waals surface area contributed by atoms with Gasteiger partial charge in [0.05, 0.1) is 38.0 Å². The number of benzene rings is 3. The Morgan fingerprint density at radius 2 is 1.80 bits per heavy atom. The maximum absolute atomic E-state index is 15.8. The highest BCUT2D eigenvalue weighted by molar-refractivity contribution is 7.99. The summed E-state index contributed by atoms with van der Waals surface area (Å²) < 4.78 is 32.1. The fourth-order valence-electron chi connectivity index (χ4n) is 5.15. The number of fused-ring (bicyclic) bond motifs is 1. The maximum Gasteiger partial charge on any atom is 0.309 e. The molecule has 0 spiro atoms. The molecule has 0 radical (unpaired) electrons. The first-order chi connectivity index (χ1) is 19.9. The number of aromatic nitrogens is 1. The van der Waals surface area contributed by atoms with Gasteiger partial charge in [-0.05, 0) is 66.9 Å². The van der Waals surface area contributed by atoms with Gasteiger partial charge in [-0.25, -0.2) is 4.39 Å². The van der Waals surface area contributed by atoms with E-state index in [9.17, 15) is 9.90 Å². The number of nitrogens with zero attached hydrogens (tertiary/aromatic N) is 1. The van der Waals surface area contributed by atoms with Crippen LogP contribution in [0, 0.1) is 5.82 Å².